The van der Waals surface area contributed by atoms with Gasteiger partial charge in [0.1, 0.15) is 0 Å². The first-order chi connectivity index (χ1) is 10.1. The number of hydrogen-bond donors (Lipinski definition) is 2. The second-order valence-corrected chi connectivity index (χ2v) is 7.09. The standard InChI is InChI=1S/C13H15F2NO5S/c1-8-4-9(12(18)19)2-3-11(8)22(20,21)16-7-13(14,15)5-10(16)6-17/h2-4,10,17H,5-7H2,1H3,(H,18,19). The Kier molecular flexibility index (Phi) is 4.24. The number of aliphatic hydroxyl groups is 1. The van der Waals surface area contributed by atoms with E-state index in [4.69, 9.17) is 10.2 Å². The molecule has 1 aliphatic rings. The Hall–Kier alpha value is -1.58. The van der Waals surface area contributed by atoms with Crippen LogP contribution in [0.1, 0.15) is 22.3 Å². The Bertz CT molecular complexity index is 704. The van der Waals surface area contributed by atoms with Crippen molar-refractivity contribution in [2.45, 2.75) is 30.2 Å². The largest absolute Gasteiger partial charge is 0.478 e. The minimum Gasteiger partial charge on any atom is -0.478 e. The molecular weight excluding hydrogens is 320 g/mol. The number of halogens is 2. The van der Waals surface area contributed by atoms with Gasteiger partial charge in [0.2, 0.25) is 10.0 Å². The Labute approximate surface area is 126 Å². The summed E-state index contributed by atoms with van der Waals surface area (Å²) in [5, 5.41) is 18.0. The van der Waals surface area contributed by atoms with Gasteiger partial charge in [-0.15, -0.1) is 0 Å². The Morgan fingerprint density at radius 2 is 2.09 bits per heavy atom. The molecule has 1 heterocycles. The van der Waals surface area contributed by atoms with E-state index in [9.17, 15) is 22.0 Å². The summed E-state index contributed by atoms with van der Waals surface area (Å²) in [7, 11) is -4.24. The molecule has 0 saturated carbocycles. The third kappa shape index (κ3) is 2.96. The number of aromatic carboxylic acids is 1. The fourth-order valence-electron chi connectivity index (χ4n) is 2.50. The van der Waals surface area contributed by atoms with Gasteiger partial charge in [0.15, 0.2) is 0 Å². The van der Waals surface area contributed by atoms with Crippen molar-refractivity contribution in [1.82, 2.24) is 4.31 Å². The average Bonchev–Trinajstić information content (AvgIpc) is 2.74. The molecule has 122 valence electrons. The number of hydrogen-bond acceptors (Lipinski definition) is 4. The van der Waals surface area contributed by atoms with Crippen LogP contribution in [0.5, 0.6) is 0 Å². The van der Waals surface area contributed by atoms with Gasteiger partial charge < -0.3 is 10.2 Å². The highest BCUT2D eigenvalue weighted by Crippen LogP contribution is 2.36. The van der Waals surface area contributed by atoms with E-state index in [0.717, 1.165) is 18.2 Å². The predicted molar refractivity (Wildman–Crippen MR) is 72.5 cm³/mol. The maximum atomic E-state index is 13.5. The van der Waals surface area contributed by atoms with Crippen LogP contribution in [-0.4, -0.2) is 54.0 Å². The molecule has 0 spiro atoms. The first kappa shape index (κ1) is 16.8. The molecule has 1 saturated heterocycles. The van der Waals surface area contributed by atoms with E-state index in [1.165, 1.54) is 6.92 Å². The topological polar surface area (TPSA) is 94.9 Å². The number of alkyl halides is 2. The van der Waals surface area contributed by atoms with Crippen LogP contribution in [0.2, 0.25) is 0 Å². The summed E-state index contributed by atoms with van der Waals surface area (Å²) in [5.41, 5.74) is 0.0497. The second-order valence-electron chi connectivity index (χ2n) is 5.23. The number of sulfonamides is 1. The van der Waals surface area contributed by atoms with Crippen molar-refractivity contribution in [2.24, 2.45) is 0 Å². The average molecular weight is 335 g/mol. The summed E-state index contributed by atoms with van der Waals surface area (Å²) in [6, 6.07) is 2.15. The fourth-order valence-corrected chi connectivity index (χ4v) is 4.35. The highest BCUT2D eigenvalue weighted by molar-refractivity contribution is 7.89. The maximum absolute atomic E-state index is 13.5. The summed E-state index contributed by atoms with van der Waals surface area (Å²) < 4.78 is 52.5. The molecule has 1 atom stereocenters. The number of carboxylic acid groups (broad SMARTS) is 1. The number of benzene rings is 1. The Morgan fingerprint density at radius 3 is 2.59 bits per heavy atom. The highest BCUT2D eigenvalue weighted by atomic mass is 32.2. The van der Waals surface area contributed by atoms with Gasteiger partial charge in [-0.3, -0.25) is 0 Å². The monoisotopic (exact) mass is 335 g/mol. The van der Waals surface area contributed by atoms with Gasteiger partial charge >= 0.3 is 5.97 Å². The summed E-state index contributed by atoms with van der Waals surface area (Å²) in [4.78, 5) is 10.6. The van der Waals surface area contributed by atoms with Crippen LogP contribution in [0.3, 0.4) is 0 Å². The number of nitrogens with zero attached hydrogens (tertiary/aromatic N) is 1. The first-order valence-electron chi connectivity index (χ1n) is 6.43. The van der Waals surface area contributed by atoms with Crippen molar-refractivity contribution in [3.63, 3.8) is 0 Å². The zero-order chi connectivity index (χ0) is 16.7. The maximum Gasteiger partial charge on any atom is 0.335 e. The number of aryl methyl sites for hydroxylation is 1. The van der Waals surface area contributed by atoms with Gasteiger partial charge in [-0.25, -0.2) is 22.0 Å². The lowest BCUT2D eigenvalue weighted by Crippen LogP contribution is -2.38. The molecule has 1 unspecified atom stereocenters. The van der Waals surface area contributed by atoms with E-state index in [1.807, 2.05) is 0 Å². The summed E-state index contributed by atoms with van der Waals surface area (Å²) >= 11 is 0. The van der Waals surface area contributed by atoms with Crippen LogP contribution in [0.25, 0.3) is 0 Å². The molecule has 2 N–H and O–H groups in total. The number of carbonyl (C=O) groups is 1. The molecule has 0 bridgehead atoms. The van der Waals surface area contributed by atoms with Gasteiger partial charge in [-0.05, 0) is 30.7 Å². The molecule has 1 fully saturated rings. The van der Waals surface area contributed by atoms with E-state index < -0.39 is 47.5 Å². The van der Waals surface area contributed by atoms with Crippen molar-refractivity contribution >= 4 is 16.0 Å². The number of aliphatic hydroxyl groups excluding tert-OH is 1. The predicted octanol–water partition coefficient (Wildman–Crippen LogP) is 1.08. The molecule has 0 aliphatic carbocycles. The smallest absolute Gasteiger partial charge is 0.335 e. The van der Waals surface area contributed by atoms with Crippen molar-refractivity contribution in [3.8, 4) is 0 Å². The molecule has 2 rings (SSSR count). The van der Waals surface area contributed by atoms with E-state index in [2.05, 4.69) is 0 Å². The second kappa shape index (κ2) is 5.56. The minimum atomic E-state index is -4.24. The van der Waals surface area contributed by atoms with Gasteiger partial charge in [-0.2, -0.15) is 4.31 Å². The van der Waals surface area contributed by atoms with E-state index in [1.54, 1.807) is 0 Å². The SMILES string of the molecule is Cc1cc(C(=O)O)ccc1S(=O)(=O)N1CC(F)(F)CC1CO. The normalized spacial score (nSPS) is 21.9. The van der Waals surface area contributed by atoms with Gasteiger partial charge in [0, 0.05) is 6.42 Å². The van der Waals surface area contributed by atoms with Crippen molar-refractivity contribution in [3.05, 3.63) is 29.3 Å². The molecule has 1 aliphatic heterocycles. The summed E-state index contributed by atoms with van der Waals surface area (Å²) in [5.74, 6) is -4.41. The van der Waals surface area contributed by atoms with Crippen LogP contribution in [0.4, 0.5) is 8.78 Å². The van der Waals surface area contributed by atoms with Crippen LogP contribution < -0.4 is 0 Å². The van der Waals surface area contributed by atoms with Gasteiger partial charge in [0.05, 0.1) is 29.7 Å². The Morgan fingerprint density at radius 1 is 1.45 bits per heavy atom. The van der Waals surface area contributed by atoms with Crippen molar-refractivity contribution < 1.29 is 32.2 Å². The Balaban J connectivity index is 2.45. The molecule has 6 nitrogen and oxygen atoms in total. The van der Waals surface area contributed by atoms with E-state index in [0.29, 0.717) is 4.31 Å². The quantitative estimate of drug-likeness (QED) is 0.859. The van der Waals surface area contributed by atoms with Crippen molar-refractivity contribution in [1.29, 1.82) is 0 Å². The fraction of sp³-hybridized carbons (Fsp3) is 0.462. The van der Waals surface area contributed by atoms with Crippen LogP contribution in [-0.2, 0) is 10.0 Å². The van der Waals surface area contributed by atoms with E-state index >= 15 is 0 Å². The third-order valence-electron chi connectivity index (χ3n) is 3.55. The van der Waals surface area contributed by atoms with Crippen LogP contribution in [0.15, 0.2) is 23.1 Å². The van der Waals surface area contributed by atoms with Gasteiger partial charge in [-0.1, -0.05) is 0 Å². The number of carboxylic acids is 1. The zero-order valence-electron chi connectivity index (χ0n) is 11.7. The summed E-state index contributed by atoms with van der Waals surface area (Å²) in [6.45, 7) is -0.316. The van der Waals surface area contributed by atoms with Crippen LogP contribution >= 0.6 is 0 Å². The van der Waals surface area contributed by atoms with Gasteiger partial charge in [0.25, 0.3) is 5.92 Å². The number of rotatable bonds is 4. The lowest BCUT2D eigenvalue weighted by atomic mass is 10.1. The van der Waals surface area contributed by atoms with Crippen molar-refractivity contribution in [2.75, 3.05) is 13.2 Å². The molecule has 0 radical (unpaired) electrons. The van der Waals surface area contributed by atoms with Crippen LogP contribution in [0, 0.1) is 6.92 Å². The molecular formula is C13H15F2NO5S. The first-order valence-corrected chi connectivity index (χ1v) is 7.87. The molecule has 1 aromatic carbocycles. The molecule has 0 amide bonds. The molecule has 1 aromatic rings. The lowest BCUT2D eigenvalue weighted by Gasteiger charge is -2.22. The zero-order valence-corrected chi connectivity index (χ0v) is 12.5. The molecule has 0 aromatic heterocycles. The summed E-state index contributed by atoms with van der Waals surface area (Å²) in [6.07, 6.45) is -0.741. The molecule has 9 heteroatoms. The lowest BCUT2D eigenvalue weighted by molar-refractivity contribution is 0.0161. The van der Waals surface area contributed by atoms with E-state index in [-0.39, 0.29) is 16.0 Å². The third-order valence-corrected chi connectivity index (χ3v) is 5.61. The minimum absolute atomic E-state index is 0.0955. The highest BCUT2D eigenvalue weighted by Gasteiger charge is 2.50. The molecule has 22 heavy (non-hydrogen) atoms.